The molecular weight excluding hydrogens is 607 g/mol. The molecule has 10 heteroatoms. The van der Waals surface area contributed by atoms with Crippen LogP contribution >= 0.6 is 12.4 Å². The predicted molar refractivity (Wildman–Crippen MR) is 176 cm³/mol. The average molecular weight is 649 g/mol. The Labute approximate surface area is 276 Å². The van der Waals surface area contributed by atoms with Crippen LogP contribution in [0.3, 0.4) is 0 Å². The lowest BCUT2D eigenvalue weighted by atomic mass is 9.98. The number of carbonyl (C=O) groups excluding carboxylic acids is 4. The molecule has 5 rings (SSSR count). The Bertz CT molecular complexity index is 1450. The Kier molecular flexibility index (Phi) is 11.9. The van der Waals surface area contributed by atoms with E-state index in [1.165, 1.54) is 12.1 Å². The van der Waals surface area contributed by atoms with Gasteiger partial charge in [-0.15, -0.1) is 12.4 Å². The Morgan fingerprint density at radius 2 is 1.50 bits per heavy atom. The smallest absolute Gasteiger partial charge is 0.247 e. The van der Waals surface area contributed by atoms with Crippen LogP contribution in [0.1, 0.15) is 62.3 Å². The van der Waals surface area contributed by atoms with Gasteiger partial charge in [-0.1, -0.05) is 86.6 Å². The minimum absolute atomic E-state index is 0. The van der Waals surface area contributed by atoms with E-state index in [1.807, 2.05) is 67.6 Å². The fraction of sp³-hybridized carbons (Fsp3) is 0.389. The molecule has 0 saturated carbocycles. The first-order valence-electron chi connectivity index (χ1n) is 15.8. The van der Waals surface area contributed by atoms with Gasteiger partial charge in [-0.05, 0) is 54.5 Å². The van der Waals surface area contributed by atoms with Gasteiger partial charge in [0.2, 0.25) is 23.6 Å². The predicted octanol–water partition coefficient (Wildman–Crippen LogP) is 4.82. The second-order valence-electron chi connectivity index (χ2n) is 12.1. The SMILES string of the molecule is CC[C@@H](C)C(=O)N[C@H]1CN(C(=O)Cc2ccc(F)cc2)CC[C@H]2CC[C@@H](C(=O)NC(c3ccccc3)c3ccccc3)N2C1=O.Cl. The van der Waals surface area contributed by atoms with Crippen LogP contribution in [0.2, 0.25) is 0 Å². The van der Waals surface area contributed by atoms with Gasteiger partial charge in [0.25, 0.3) is 0 Å². The first-order valence-corrected chi connectivity index (χ1v) is 15.8. The second kappa shape index (κ2) is 15.9. The summed E-state index contributed by atoms with van der Waals surface area (Å²) in [5.41, 5.74) is 2.53. The summed E-state index contributed by atoms with van der Waals surface area (Å²) in [6, 6.07) is 22.9. The van der Waals surface area contributed by atoms with Crippen molar-refractivity contribution in [3.8, 4) is 0 Å². The largest absolute Gasteiger partial charge is 0.343 e. The fourth-order valence-corrected chi connectivity index (χ4v) is 6.24. The van der Waals surface area contributed by atoms with Gasteiger partial charge in [-0.25, -0.2) is 4.39 Å². The van der Waals surface area contributed by atoms with Crippen molar-refractivity contribution < 1.29 is 23.6 Å². The molecule has 0 unspecified atom stereocenters. The average Bonchev–Trinajstić information content (AvgIpc) is 3.48. The standard InChI is InChI=1S/C36H41FN4O4.ClH/c1-3-24(2)34(43)38-30-23-40(32(42)22-25-14-16-28(37)17-15-25)21-20-29-18-19-31(41(29)36(30)45)35(44)39-33(26-10-6-4-7-11-26)27-12-8-5-9-13-27;/h4-17,24,29-31,33H,3,18-23H2,1-2H3,(H,38,43)(H,39,44);1H/t24-,29-,30+,31+;/m1./s1. The zero-order chi connectivity index (χ0) is 31.9. The maximum atomic E-state index is 14.3. The summed E-state index contributed by atoms with van der Waals surface area (Å²) in [4.78, 5) is 58.0. The first kappa shape index (κ1) is 34.6. The summed E-state index contributed by atoms with van der Waals surface area (Å²) in [6.07, 6.45) is 2.25. The highest BCUT2D eigenvalue weighted by Crippen LogP contribution is 2.31. The Morgan fingerprint density at radius 1 is 0.891 bits per heavy atom. The number of benzene rings is 3. The highest BCUT2D eigenvalue weighted by atomic mass is 35.5. The molecule has 2 fully saturated rings. The van der Waals surface area contributed by atoms with Crippen LogP contribution in [-0.4, -0.2) is 64.6 Å². The molecule has 0 aromatic heterocycles. The maximum absolute atomic E-state index is 14.3. The highest BCUT2D eigenvalue weighted by molar-refractivity contribution is 5.94. The van der Waals surface area contributed by atoms with E-state index in [1.54, 1.807) is 28.9 Å². The molecule has 8 nitrogen and oxygen atoms in total. The molecule has 3 aromatic rings. The van der Waals surface area contributed by atoms with Crippen molar-refractivity contribution in [1.29, 1.82) is 0 Å². The van der Waals surface area contributed by atoms with E-state index in [-0.39, 0.29) is 66.8 Å². The molecule has 2 aliphatic heterocycles. The minimum Gasteiger partial charge on any atom is -0.343 e. The number of nitrogens with zero attached hydrogens (tertiary/aromatic N) is 2. The summed E-state index contributed by atoms with van der Waals surface area (Å²) in [5.74, 6) is -1.78. The highest BCUT2D eigenvalue weighted by Gasteiger charge is 2.46. The third-order valence-electron chi connectivity index (χ3n) is 9.04. The zero-order valence-electron chi connectivity index (χ0n) is 26.2. The fourth-order valence-electron chi connectivity index (χ4n) is 6.24. The van der Waals surface area contributed by atoms with Gasteiger partial charge < -0.3 is 20.4 Å². The molecule has 3 aromatic carbocycles. The number of rotatable bonds is 9. The Morgan fingerprint density at radius 3 is 2.09 bits per heavy atom. The lowest BCUT2D eigenvalue weighted by Gasteiger charge is -2.39. The number of hydrogen-bond acceptors (Lipinski definition) is 4. The van der Waals surface area contributed by atoms with Crippen molar-refractivity contribution in [3.05, 3.63) is 107 Å². The minimum atomic E-state index is -1.00. The summed E-state index contributed by atoms with van der Waals surface area (Å²) in [5, 5.41) is 6.11. The van der Waals surface area contributed by atoms with E-state index in [0.29, 0.717) is 37.8 Å². The van der Waals surface area contributed by atoms with Gasteiger partial charge >= 0.3 is 0 Å². The topological polar surface area (TPSA) is 98.8 Å². The normalized spacial score (nSPS) is 20.2. The molecule has 0 bridgehead atoms. The van der Waals surface area contributed by atoms with E-state index in [4.69, 9.17) is 0 Å². The van der Waals surface area contributed by atoms with E-state index in [9.17, 15) is 23.6 Å². The van der Waals surface area contributed by atoms with E-state index < -0.39 is 18.1 Å². The van der Waals surface area contributed by atoms with Gasteiger partial charge in [-0.3, -0.25) is 19.2 Å². The van der Waals surface area contributed by atoms with Gasteiger partial charge in [0, 0.05) is 25.0 Å². The molecular formula is C36H42ClFN4O4. The van der Waals surface area contributed by atoms with Crippen LogP contribution in [-0.2, 0) is 25.6 Å². The summed E-state index contributed by atoms with van der Waals surface area (Å²) >= 11 is 0. The molecule has 0 spiro atoms. The van der Waals surface area contributed by atoms with E-state index in [0.717, 1.165) is 11.1 Å². The molecule has 0 aliphatic carbocycles. The lowest BCUT2D eigenvalue weighted by molar-refractivity contribution is -0.147. The Hall–Kier alpha value is -4.24. The number of fused-ring (bicyclic) bond motifs is 1. The zero-order valence-corrected chi connectivity index (χ0v) is 27.0. The number of amides is 4. The third-order valence-corrected chi connectivity index (χ3v) is 9.04. The summed E-state index contributed by atoms with van der Waals surface area (Å²) in [7, 11) is 0. The molecule has 244 valence electrons. The van der Waals surface area contributed by atoms with Crippen LogP contribution in [0.25, 0.3) is 0 Å². The van der Waals surface area contributed by atoms with Gasteiger partial charge in [0.1, 0.15) is 17.9 Å². The molecule has 46 heavy (non-hydrogen) atoms. The van der Waals surface area contributed by atoms with Crippen molar-refractivity contribution in [2.24, 2.45) is 5.92 Å². The summed E-state index contributed by atoms with van der Waals surface area (Å²) < 4.78 is 13.4. The lowest BCUT2D eigenvalue weighted by Crippen LogP contribution is -2.61. The first-order chi connectivity index (χ1) is 21.7. The van der Waals surface area contributed by atoms with Crippen molar-refractivity contribution in [1.82, 2.24) is 20.4 Å². The number of halogens is 2. The van der Waals surface area contributed by atoms with Crippen LogP contribution in [0, 0.1) is 11.7 Å². The van der Waals surface area contributed by atoms with Gasteiger partial charge in [0.15, 0.2) is 0 Å². The van der Waals surface area contributed by atoms with Crippen LogP contribution in [0.4, 0.5) is 4.39 Å². The van der Waals surface area contributed by atoms with Crippen molar-refractivity contribution >= 4 is 36.0 Å². The summed E-state index contributed by atoms with van der Waals surface area (Å²) in [6.45, 7) is 4.06. The monoisotopic (exact) mass is 648 g/mol. The van der Waals surface area contributed by atoms with Crippen LogP contribution < -0.4 is 10.6 Å². The third kappa shape index (κ3) is 8.12. The van der Waals surface area contributed by atoms with Crippen molar-refractivity contribution in [2.75, 3.05) is 13.1 Å². The molecule has 0 radical (unpaired) electrons. The molecule has 2 saturated heterocycles. The molecule has 4 atom stereocenters. The van der Waals surface area contributed by atoms with Gasteiger partial charge in [-0.2, -0.15) is 0 Å². The molecule has 2 heterocycles. The number of hydrogen-bond donors (Lipinski definition) is 2. The van der Waals surface area contributed by atoms with E-state index >= 15 is 0 Å². The Balaban J connectivity index is 0.00000480. The van der Waals surface area contributed by atoms with Crippen LogP contribution in [0.15, 0.2) is 84.9 Å². The number of nitrogens with one attached hydrogen (secondary N) is 2. The van der Waals surface area contributed by atoms with Crippen molar-refractivity contribution in [2.45, 2.75) is 70.1 Å². The molecule has 4 amide bonds. The van der Waals surface area contributed by atoms with E-state index in [2.05, 4.69) is 10.6 Å². The molecule has 2 aliphatic rings. The number of carbonyl (C=O) groups is 4. The molecule has 2 N–H and O–H groups in total. The van der Waals surface area contributed by atoms with Crippen molar-refractivity contribution in [3.63, 3.8) is 0 Å². The quantitative estimate of drug-likeness (QED) is 0.348. The second-order valence-corrected chi connectivity index (χ2v) is 12.1. The maximum Gasteiger partial charge on any atom is 0.247 e. The van der Waals surface area contributed by atoms with Gasteiger partial charge in [0.05, 0.1) is 12.5 Å². The van der Waals surface area contributed by atoms with Crippen LogP contribution in [0.5, 0.6) is 0 Å².